The molecule has 1 fully saturated rings. The van der Waals surface area contributed by atoms with Gasteiger partial charge in [0.2, 0.25) is 0 Å². The lowest BCUT2D eigenvalue weighted by atomic mass is 9.81. The summed E-state index contributed by atoms with van der Waals surface area (Å²) in [6, 6.07) is 4.19. The SMILES string of the molecule is CC(C)(C)OC(=O)NC1CC(COCCOc2cc(Br)cc3c2cnn3PI)C1. The van der Waals surface area contributed by atoms with Crippen molar-refractivity contribution < 1.29 is 19.0 Å². The number of hydrogen-bond acceptors (Lipinski definition) is 5. The van der Waals surface area contributed by atoms with Crippen LogP contribution in [0.3, 0.4) is 0 Å². The number of amides is 1. The lowest BCUT2D eigenvalue weighted by Crippen LogP contribution is -2.47. The highest BCUT2D eigenvalue weighted by atomic mass is 127. The lowest BCUT2D eigenvalue weighted by molar-refractivity contribution is 0.0263. The monoisotopic (exact) mass is 597 g/mol. The van der Waals surface area contributed by atoms with Crippen LogP contribution in [0.4, 0.5) is 4.79 Å². The number of nitrogens with one attached hydrogen (secondary N) is 1. The summed E-state index contributed by atoms with van der Waals surface area (Å²) >= 11 is 5.85. The first-order valence-corrected chi connectivity index (χ1v) is 14.3. The highest BCUT2D eigenvalue weighted by molar-refractivity contribution is 14.2. The number of benzene rings is 1. The van der Waals surface area contributed by atoms with E-state index in [4.69, 9.17) is 14.2 Å². The molecule has 0 spiro atoms. The number of carbonyl (C=O) groups is 1. The molecule has 0 aliphatic heterocycles. The second kappa shape index (κ2) is 10.1. The van der Waals surface area contributed by atoms with Crippen LogP contribution in [0.1, 0.15) is 33.6 Å². The highest BCUT2D eigenvalue weighted by Gasteiger charge is 2.31. The maximum absolute atomic E-state index is 11.7. The first-order chi connectivity index (χ1) is 13.7. The molecule has 1 atom stereocenters. The zero-order valence-electron chi connectivity index (χ0n) is 16.7. The van der Waals surface area contributed by atoms with Gasteiger partial charge in [0.25, 0.3) is 0 Å². The zero-order valence-corrected chi connectivity index (χ0v) is 21.4. The van der Waals surface area contributed by atoms with E-state index in [1.807, 2.05) is 37.5 Å². The lowest BCUT2D eigenvalue weighted by Gasteiger charge is -2.35. The van der Waals surface area contributed by atoms with Gasteiger partial charge in [-0.1, -0.05) is 15.9 Å². The van der Waals surface area contributed by atoms with Crippen molar-refractivity contribution >= 4 is 61.3 Å². The fourth-order valence-corrected chi connectivity index (χ4v) is 5.13. The smallest absolute Gasteiger partial charge is 0.407 e. The Morgan fingerprint density at radius 2 is 2.14 bits per heavy atom. The number of aromatic nitrogens is 2. The number of fused-ring (bicyclic) bond motifs is 1. The van der Waals surface area contributed by atoms with Crippen LogP contribution in [-0.4, -0.2) is 47.1 Å². The predicted octanol–water partition coefficient (Wildman–Crippen LogP) is 5.29. The van der Waals surface area contributed by atoms with Gasteiger partial charge < -0.3 is 19.5 Å². The summed E-state index contributed by atoms with van der Waals surface area (Å²) in [5.41, 5.74) is 0.590. The normalized spacial score (nSPS) is 19.5. The van der Waals surface area contributed by atoms with Crippen LogP contribution in [0.15, 0.2) is 22.8 Å². The number of alkyl carbamates (subject to hydrolysis) is 1. The van der Waals surface area contributed by atoms with Crippen LogP contribution in [0, 0.1) is 5.92 Å². The Labute approximate surface area is 194 Å². The predicted molar refractivity (Wildman–Crippen MR) is 127 cm³/mol. The molecule has 2 aromatic rings. The third-order valence-corrected chi connectivity index (χ3v) is 6.84. The molecule has 29 heavy (non-hydrogen) atoms. The van der Waals surface area contributed by atoms with E-state index in [1.54, 1.807) is 0 Å². The molecule has 7 nitrogen and oxygen atoms in total. The fraction of sp³-hybridized carbons (Fsp3) is 0.579. The van der Waals surface area contributed by atoms with Crippen LogP contribution < -0.4 is 10.1 Å². The fourth-order valence-electron chi connectivity index (χ4n) is 3.17. The summed E-state index contributed by atoms with van der Waals surface area (Å²) in [5.74, 6) is 1.28. The summed E-state index contributed by atoms with van der Waals surface area (Å²) in [5, 5.41) is 8.31. The van der Waals surface area contributed by atoms with Crippen LogP contribution in [0.2, 0.25) is 0 Å². The molecule has 0 radical (unpaired) electrons. The van der Waals surface area contributed by atoms with E-state index in [9.17, 15) is 4.79 Å². The molecule has 0 saturated heterocycles. The Balaban J connectivity index is 1.34. The maximum Gasteiger partial charge on any atom is 0.407 e. The van der Waals surface area contributed by atoms with Crippen molar-refractivity contribution in [1.82, 2.24) is 14.9 Å². The molecule has 1 amide bonds. The Morgan fingerprint density at radius 3 is 2.83 bits per heavy atom. The minimum absolute atomic E-state index is 0.180. The summed E-state index contributed by atoms with van der Waals surface area (Å²) in [6.07, 6.45) is 3.88. The number of halogens is 2. The molecule has 10 heteroatoms. The third kappa shape index (κ3) is 6.67. The van der Waals surface area contributed by atoms with E-state index in [-0.39, 0.29) is 12.1 Å². The summed E-state index contributed by atoms with van der Waals surface area (Å²) in [7, 11) is 0. The van der Waals surface area contributed by atoms with Gasteiger partial charge in [0.05, 0.1) is 30.1 Å². The molecule has 1 aliphatic carbocycles. The molecule has 1 N–H and O–H groups in total. The zero-order chi connectivity index (χ0) is 21.0. The second-order valence-electron chi connectivity index (χ2n) is 8.08. The largest absolute Gasteiger partial charge is 0.490 e. The van der Waals surface area contributed by atoms with Crippen molar-refractivity contribution in [2.45, 2.75) is 45.3 Å². The molecular weight excluding hydrogens is 572 g/mol. The molecule has 0 bridgehead atoms. The van der Waals surface area contributed by atoms with Gasteiger partial charge in [-0.2, -0.15) is 5.10 Å². The van der Waals surface area contributed by atoms with E-state index in [0.717, 1.165) is 34.0 Å². The van der Waals surface area contributed by atoms with Gasteiger partial charge in [0.1, 0.15) is 18.0 Å². The topological polar surface area (TPSA) is 74.6 Å². The van der Waals surface area contributed by atoms with Crippen LogP contribution >= 0.6 is 44.3 Å². The number of carbonyl (C=O) groups excluding carboxylic acids is 1. The molecular formula is C19H26BrIN3O4P. The van der Waals surface area contributed by atoms with Crippen molar-refractivity contribution in [3.05, 3.63) is 22.8 Å². The van der Waals surface area contributed by atoms with E-state index >= 15 is 0 Å². The van der Waals surface area contributed by atoms with Crippen molar-refractivity contribution in [3.63, 3.8) is 0 Å². The van der Waals surface area contributed by atoms with Gasteiger partial charge in [0.15, 0.2) is 0 Å². The third-order valence-electron chi connectivity index (χ3n) is 4.49. The molecule has 160 valence electrons. The number of ether oxygens (including phenoxy) is 3. The molecule has 1 unspecified atom stereocenters. The molecule has 1 aromatic carbocycles. The highest BCUT2D eigenvalue weighted by Crippen LogP contribution is 2.35. The maximum atomic E-state index is 11.7. The van der Waals surface area contributed by atoms with Crippen molar-refractivity contribution in [2.75, 3.05) is 19.8 Å². The van der Waals surface area contributed by atoms with E-state index in [1.165, 1.54) is 0 Å². The van der Waals surface area contributed by atoms with Crippen molar-refractivity contribution in [1.29, 1.82) is 0 Å². The average molecular weight is 598 g/mol. The van der Waals surface area contributed by atoms with Gasteiger partial charge in [-0.15, -0.1) is 0 Å². The first kappa shape index (κ1) is 23.0. The minimum Gasteiger partial charge on any atom is -0.490 e. The van der Waals surface area contributed by atoms with Gasteiger partial charge in [0, 0.05) is 17.1 Å². The number of nitrogens with zero attached hydrogens (tertiary/aromatic N) is 2. The van der Waals surface area contributed by atoms with Crippen molar-refractivity contribution in [2.24, 2.45) is 5.92 Å². The van der Waals surface area contributed by atoms with Gasteiger partial charge in [-0.25, -0.2) is 9.25 Å². The number of rotatable bonds is 8. The van der Waals surface area contributed by atoms with Gasteiger partial charge in [-0.3, -0.25) is 0 Å². The Kier molecular flexibility index (Phi) is 8.03. The van der Waals surface area contributed by atoms with Crippen molar-refractivity contribution in [3.8, 4) is 5.75 Å². The summed E-state index contributed by atoms with van der Waals surface area (Å²) in [6.45, 7) is 7.27. The molecule has 1 aliphatic rings. The average Bonchev–Trinajstić information content (AvgIpc) is 3.00. The molecule has 3 rings (SSSR count). The van der Waals surface area contributed by atoms with E-state index in [0.29, 0.717) is 32.1 Å². The van der Waals surface area contributed by atoms with Gasteiger partial charge in [-0.05, 0) is 73.7 Å². The first-order valence-electron chi connectivity index (χ1n) is 9.49. The van der Waals surface area contributed by atoms with Crippen LogP contribution in [0.25, 0.3) is 10.9 Å². The minimum atomic E-state index is -0.467. The van der Waals surface area contributed by atoms with Crippen LogP contribution in [-0.2, 0) is 9.47 Å². The summed E-state index contributed by atoms with van der Waals surface area (Å²) in [4.78, 5) is 11.7. The second-order valence-corrected chi connectivity index (χ2v) is 11.0. The van der Waals surface area contributed by atoms with E-state index < -0.39 is 5.60 Å². The van der Waals surface area contributed by atoms with E-state index in [2.05, 4.69) is 54.5 Å². The van der Waals surface area contributed by atoms with Gasteiger partial charge >= 0.3 is 6.09 Å². The Bertz CT molecular complexity index is 852. The summed E-state index contributed by atoms with van der Waals surface area (Å²) < 4.78 is 19.9. The Morgan fingerprint density at radius 1 is 1.38 bits per heavy atom. The standard InChI is InChI=1S/C19H26BrIN3O4P/c1-19(2,3)28-18(25)23-14-6-12(7-14)11-26-4-5-27-17-9-13(20)8-16-15(17)10-22-24(16)29-21/h8-10,12,14,29H,4-7,11H2,1-3H3,(H,23,25). The molecule has 1 saturated carbocycles. The quantitative estimate of drug-likeness (QED) is 0.254. The number of hydrogen-bond donors (Lipinski definition) is 1. The molecule has 1 heterocycles. The van der Waals surface area contributed by atoms with Crippen LogP contribution in [0.5, 0.6) is 5.75 Å². The Hall–Kier alpha value is -0.640. The molecule has 1 aromatic heterocycles.